The number of amides is 1. The molecule has 2 aliphatic rings. The Morgan fingerprint density at radius 1 is 0.968 bits per heavy atom. The van der Waals surface area contributed by atoms with Crippen LogP contribution >= 0.6 is 11.3 Å². The first-order chi connectivity index (χ1) is 15.3. The molecule has 4 heterocycles. The second kappa shape index (κ2) is 9.37. The zero-order chi connectivity index (χ0) is 21.0. The molecule has 0 radical (unpaired) electrons. The fourth-order valence-electron chi connectivity index (χ4n) is 4.89. The van der Waals surface area contributed by atoms with Gasteiger partial charge in [0.2, 0.25) is 5.91 Å². The van der Waals surface area contributed by atoms with Crippen LogP contribution in [0, 0.1) is 0 Å². The lowest BCUT2D eigenvalue weighted by Crippen LogP contribution is -2.48. The lowest BCUT2D eigenvalue weighted by atomic mass is 10.00. The van der Waals surface area contributed by atoms with Crippen LogP contribution < -0.4 is 0 Å². The zero-order valence-electron chi connectivity index (χ0n) is 17.9. The van der Waals surface area contributed by atoms with E-state index in [0.717, 1.165) is 47.9 Å². The van der Waals surface area contributed by atoms with Crippen molar-refractivity contribution in [2.24, 2.45) is 0 Å². The highest BCUT2D eigenvalue weighted by Gasteiger charge is 2.27. The van der Waals surface area contributed by atoms with Crippen LogP contribution in [0.2, 0.25) is 0 Å². The fourth-order valence-corrected chi connectivity index (χ4v) is 5.76. The van der Waals surface area contributed by atoms with Gasteiger partial charge in [0.1, 0.15) is 11.6 Å². The number of likely N-dealkylation sites (tertiary alicyclic amines) is 2. The Hall–Kier alpha value is -2.44. The highest BCUT2D eigenvalue weighted by molar-refractivity contribution is 7.13. The van der Waals surface area contributed by atoms with Crippen LogP contribution in [0.3, 0.4) is 0 Å². The molecule has 5 nitrogen and oxygen atoms in total. The van der Waals surface area contributed by atoms with E-state index in [2.05, 4.69) is 33.4 Å². The molecule has 2 aromatic heterocycles. The molecule has 1 amide bonds. The van der Waals surface area contributed by atoms with E-state index in [-0.39, 0.29) is 5.91 Å². The summed E-state index contributed by atoms with van der Waals surface area (Å²) in [6, 6.07) is 15.0. The minimum absolute atomic E-state index is 0.217. The molecule has 2 fully saturated rings. The number of hydrogen-bond donors (Lipinski definition) is 0. The zero-order valence-corrected chi connectivity index (χ0v) is 18.8. The Labute approximate surface area is 188 Å². The highest BCUT2D eigenvalue weighted by atomic mass is 32.1. The van der Waals surface area contributed by atoms with Gasteiger partial charge in [-0.3, -0.25) is 4.79 Å². The van der Waals surface area contributed by atoms with E-state index < -0.39 is 0 Å². The average Bonchev–Trinajstić information content (AvgIpc) is 3.50. The maximum atomic E-state index is 13.0. The van der Waals surface area contributed by atoms with Crippen molar-refractivity contribution in [1.82, 2.24) is 19.4 Å². The second-order valence-corrected chi connectivity index (χ2v) is 9.49. The number of nitrogens with zero attached hydrogens (tertiary/aromatic N) is 4. The summed E-state index contributed by atoms with van der Waals surface area (Å²) < 4.78 is 2.05. The Balaban J connectivity index is 1.22. The molecule has 0 saturated carbocycles. The number of piperidine rings is 2. The summed E-state index contributed by atoms with van der Waals surface area (Å²) in [7, 11) is 0. The predicted octanol–water partition coefficient (Wildman–Crippen LogP) is 4.76. The SMILES string of the molecule is O=C(Cn1cccc1-c1nc(-c2ccccc2)cs1)N1CCC(N2CCCCC2)CC1. The molecule has 0 unspecified atom stereocenters. The maximum absolute atomic E-state index is 13.0. The molecule has 0 N–H and O–H groups in total. The van der Waals surface area contributed by atoms with Crippen molar-refractivity contribution in [3.05, 3.63) is 54.0 Å². The number of rotatable bonds is 5. The summed E-state index contributed by atoms with van der Waals surface area (Å²) in [5.41, 5.74) is 3.12. The molecule has 31 heavy (non-hydrogen) atoms. The molecule has 6 heteroatoms. The van der Waals surface area contributed by atoms with Crippen molar-refractivity contribution < 1.29 is 4.79 Å². The first-order valence-electron chi connectivity index (χ1n) is 11.5. The van der Waals surface area contributed by atoms with Crippen molar-refractivity contribution >= 4 is 17.2 Å². The molecule has 1 aromatic carbocycles. The minimum Gasteiger partial charge on any atom is -0.341 e. The first kappa shape index (κ1) is 20.5. The predicted molar refractivity (Wildman–Crippen MR) is 126 cm³/mol. The number of aromatic nitrogens is 2. The number of carbonyl (C=O) groups is 1. The van der Waals surface area contributed by atoms with Crippen molar-refractivity contribution in [2.75, 3.05) is 26.2 Å². The van der Waals surface area contributed by atoms with Crippen molar-refractivity contribution in [2.45, 2.75) is 44.7 Å². The molecular weight excluding hydrogens is 404 g/mol. The lowest BCUT2D eigenvalue weighted by Gasteiger charge is -2.40. The van der Waals surface area contributed by atoms with Crippen LogP contribution in [0.4, 0.5) is 0 Å². The third-order valence-electron chi connectivity index (χ3n) is 6.65. The summed E-state index contributed by atoms with van der Waals surface area (Å²) >= 11 is 1.63. The number of carbonyl (C=O) groups excluding carboxylic acids is 1. The van der Waals surface area contributed by atoms with Crippen LogP contribution in [0.1, 0.15) is 32.1 Å². The molecule has 162 valence electrons. The molecule has 2 aliphatic heterocycles. The quantitative estimate of drug-likeness (QED) is 0.582. The topological polar surface area (TPSA) is 41.4 Å². The van der Waals surface area contributed by atoms with E-state index in [0.29, 0.717) is 12.6 Å². The van der Waals surface area contributed by atoms with Gasteiger partial charge < -0.3 is 14.4 Å². The van der Waals surface area contributed by atoms with Crippen molar-refractivity contribution in [3.63, 3.8) is 0 Å². The monoisotopic (exact) mass is 434 g/mol. The molecular formula is C25H30N4OS. The summed E-state index contributed by atoms with van der Waals surface area (Å²) in [5.74, 6) is 0.217. The van der Waals surface area contributed by atoms with E-state index in [1.165, 1.54) is 32.4 Å². The third kappa shape index (κ3) is 4.60. The van der Waals surface area contributed by atoms with E-state index in [4.69, 9.17) is 4.98 Å². The third-order valence-corrected chi connectivity index (χ3v) is 7.52. The standard InChI is InChI=1S/C25H30N4OS/c30-24(28-16-11-21(12-17-28)27-13-5-2-6-14-27)18-29-15-7-10-23(29)25-26-22(19-31-25)20-8-3-1-4-9-20/h1,3-4,7-10,15,19,21H,2,5-6,11-14,16-18H2. The van der Waals surface area contributed by atoms with Gasteiger partial charge in [0, 0.05) is 36.3 Å². The largest absolute Gasteiger partial charge is 0.341 e. The summed E-state index contributed by atoms with van der Waals surface area (Å²) in [4.78, 5) is 22.6. The smallest absolute Gasteiger partial charge is 0.242 e. The summed E-state index contributed by atoms with van der Waals surface area (Å²) in [5, 5.41) is 3.05. The van der Waals surface area contributed by atoms with Gasteiger partial charge in [-0.05, 0) is 50.9 Å². The first-order valence-corrected chi connectivity index (χ1v) is 12.3. The molecule has 2 saturated heterocycles. The van der Waals surface area contributed by atoms with Gasteiger partial charge in [0.25, 0.3) is 0 Å². The van der Waals surface area contributed by atoms with Gasteiger partial charge in [-0.15, -0.1) is 11.3 Å². The van der Waals surface area contributed by atoms with Crippen molar-refractivity contribution in [3.8, 4) is 22.0 Å². The average molecular weight is 435 g/mol. The van der Waals surface area contributed by atoms with E-state index in [1.54, 1.807) is 11.3 Å². The van der Waals surface area contributed by atoms with Gasteiger partial charge in [0.05, 0.1) is 11.4 Å². The molecule has 0 atom stereocenters. The normalized spacial score (nSPS) is 18.4. The van der Waals surface area contributed by atoms with Crippen LogP contribution in [-0.2, 0) is 11.3 Å². The number of thiazole rings is 1. The van der Waals surface area contributed by atoms with E-state index in [9.17, 15) is 4.79 Å². The maximum Gasteiger partial charge on any atom is 0.242 e. The number of benzene rings is 1. The fraction of sp³-hybridized carbons (Fsp3) is 0.440. The van der Waals surface area contributed by atoms with Crippen LogP contribution in [-0.4, -0.2) is 57.5 Å². The van der Waals surface area contributed by atoms with Gasteiger partial charge in [-0.25, -0.2) is 4.98 Å². The summed E-state index contributed by atoms with van der Waals surface area (Å²) in [6.45, 7) is 4.63. The van der Waals surface area contributed by atoms with Crippen LogP contribution in [0.25, 0.3) is 22.0 Å². The summed E-state index contributed by atoms with van der Waals surface area (Å²) in [6.07, 6.45) is 8.25. The van der Waals surface area contributed by atoms with E-state index in [1.807, 2.05) is 35.0 Å². The van der Waals surface area contributed by atoms with Crippen LogP contribution in [0.5, 0.6) is 0 Å². The van der Waals surface area contributed by atoms with Gasteiger partial charge in [-0.1, -0.05) is 36.8 Å². The molecule has 0 aliphatic carbocycles. The van der Waals surface area contributed by atoms with Crippen LogP contribution in [0.15, 0.2) is 54.0 Å². The molecule has 3 aromatic rings. The highest BCUT2D eigenvalue weighted by Crippen LogP contribution is 2.29. The van der Waals surface area contributed by atoms with E-state index >= 15 is 0 Å². The Morgan fingerprint density at radius 2 is 1.74 bits per heavy atom. The van der Waals surface area contributed by atoms with Gasteiger partial charge in [0.15, 0.2) is 0 Å². The van der Waals surface area contributed by atoms with Gasteiger partial charge >= 0.3 is 0 Å². The molecule has 0 spiro atoms. The Morgan fingerprint density at radius 3 is 2.52 bits per heavy atom. The number of hydrogen-bond acceptors (Lipinski definition) is 4. The lowest BCUT2D eigenvalue weighted by molar-refractivity contribution is -0.133. The van der Waals surface area contributed by atoms with Gasteiger partial charge in [-0.2, -0.15) is 0 Å². The Bertz CT molecular complexity index is 997. The minimum atomic E-state index is 0.217. The van der Waals surface area contributed by atoms with Crippen molar-refractivity contribution in [1.29, 1.82) is 0 Å². The molecule has 5 rings (SSSR count). The Kier molecular flexibility index (Phi) is 6.18. The second-order valence-electron chi connectivity index (χ2n) is 8.63. The molecule has 0 bridgehead atoms.